The van der Waals surface area contributed by atoms with E-state index in [2.05, 4.69) is 11.9 Å². The van der Waals surface area contributed by atoms with Gasteiger partial charge in [-0.1, -0.05) is 13.3 Å². The number of ether oxygens (including phenoxy) is 1. The maximum absolute atomic E-state index is 9.55. The van der Waals surface area contributed by atoms with Gasteiger partial charge in [0.25, 0.3) is 0 Å². The zero-order valence-corrected chi connectivity index (χ0v) is 11.6. The summed E-state index contributed by atoms with van der Waals surface area (Å²) in [7, 11) is 1.78. The molecule has 0 amide bonds. The number of aliphatic hydroxyl groups is 1. The van der Waals surface area contributed by atoms with Gasteiger partial charge in [0.05, 0.1) is 11.8 Å². The quantitative estimate of drug-likeness (QED) is 0.901. The number of hydrogen-bond donors (Lipinski definition) is 1. The van der Waals surface area contributed by atoms with Gasteiger partial charge in [-0.05, 0) is 32.1 Å². The fraction of sp³-hybridized carbons (Fsp3) is 0.769. The molecule has 17 heavy (non-hydrogen) atoms. The van der Waals surface area contributed by atoms with Crippen molar-refractivity contribution >= 4 is 11.3 Å². The molecule has 3 nitrogen and oxygen atoms in total. The first-order valence-corrected chi connectivity index (χ1v) is 7.14. The fourth-order valence-electron chi connectivity index (χ4n) is 2.66. The number of thiazole rings is 1. The zero-order chi connectivity index (χ0) is 12.5. The van der Waals surface area contributed by atoms with E-state index in [9.17, 15) is 5.11 Å². The van der Waals surface area contributed by atoms with Gasteiger partial charge in [-0.2, -0.15) is 0 Å². The van der Waals surface area contributed by atoms with Crippen LogP contribution in [0.25, 0.3) is 0 Å². The van der Waals surface area contributed by atoms with Crippen LogP contribution >= 0.6 is 11.3 Å². The molecule has 0 saturated heterocycles. The monoisotopic (exact) mass is 255 g/mol. The van der Waals surface area contributed by atoms with Gasteiger partial charge in [0, 0.05) is 12.5 Å². The highest BCUT2D eigenvalue weighted by molar-refractivity contribution is 7.09. The third kappa shape index (κ3) is 2.54. The summed E-state index contributed by atoms with van der Waals surface area (Å²) in [5.41, 5.74) is 0.551. The van der Waals surface area contributed by atoms with Crippen molar-refractivity contribution in [2.45, 2.75) is 51.2 Å². The van der Waals surface area contributed by atoms with Gasteiger partial charge < -0.3 is 9.84 Å². The molecule has 3 unspecified atom stereocenters. The normalized spacial score (nSPS) is 31.4. The standard InChI is InChI=1S/C13H21NO2S/c1-9-5-4-6-13(7-9,16-3)12-14-11(8-17-12)10(2)15/h8-10,15H,4-7H2,1-3H3. The van der Waals surface area contributed by atoms with Crippen LogP contribution in [0.15, 0.2) is 5.38 Å². The second kappa shape index (κ2) is 5.04. The van der Waals surface area contributed by atoms with Crippen molar-refractivity contribution in [3.05, 3.63) is 16.1 Å². The summed E-state index contributed by atoms with van der Waals surface area (Å²) in [6.07, 6.45) is 4.06. The largest absolute Gasteiger partial charge is 0.387 e. The average Bonchev–Trinajstić information content (AvgIpc) is 2.78. The molecule has 3 atom stereocenters. The lowest BCUT2D eigenvalue weighted by Gasteiger charge is -2.37. The first-order chi connectivity index (χ1) is 8.07. The van der Waals surface area contributed by atoms with Crippen LogP contribution in [0.5, 0.6) is 0 Å². The minimum atomic E-state index is -0.491. The van der Waals surface area contributed by atoms with E-state index in [1.54, 1.807) is 25.4 Å². The molecule has 1 aliphatic rings. The zero-order valence-electron chi connectivity index (χ0n) is 10.8. The van der Waals surface area contributed by atoms with E-state index >= 15 is 0 Å². The highest BCUT2D eigenvalue weighted by Crippen LogP contribution is 2.43. The van der Waals surface area contributed by atoms with Crippen LogP contribution in [0.3, 0.4) is 0 Å². The Morgan fingerprint density at radius 2 is 2.41 bits per heavy atom. The van der Waals surface area contributed by atoms with Crippen molar-refractivity contribution in [3.63, 3.8) is 0 Å². The third-order valence-corrected chi connectivity index (χ3v) is 4.73. The van der Waals surface area contributed by atoms with E-state index in [1.165, 1.54) is 12.8 Å². The van der Waals surface area contributed by atoms with Gasteiger partial charge in [-0.25, -0.2) is 4.98 Å². The molecule has 2 rings (SSSR count). The number of aliphatic hydroxyl groups excluding tert-OH is 1. The first kappa shape index (κ1) is 13.0. The smallest absolute Gasteiger partial charge is 0.125 e. The van der Waals surface area contributed by atoms with E-state index < -0.39 is 6.10 Å². The highest BCUT2D eigenvalue weighted by Gasteiger charge is 2.39. The van der Waals surface area contributed by atoms with Gasteiger partial charge in [0.2, 0.25) is 0 Å². The molecular weight excluding hydrogens is 234 g/mol. The first-order valence-electron chi connectivity index (χ1n) is 6.26. The number of nitrogens with zero attached hydrogens (tertiary/aromatic N) is 1. The van der Waals surface area contributed by atoms with Gasteiger partial charge in [-0.3, -0.25) is 0 Å². The average molecular weight is 255 g/mol. The lowest BCUT2D eigenvalue weighted by Crippen LogP contribution is -2.34. The SMILES string of the molecule is COC1(c2nc(C(C)O)cs2)CCCC(C)C1. The van der Waals surface area contributed by atoms with Gasteiger partial charge in [0.15, 0.2) is 0 Å². The van der Waals surface area contributed by atoms with E-state index in [4.69, 9.17) is 4.74 Å². The van der Waals surface area contributed by atoms with Crippen LogP contribution in [0.1, 0.15) is 56.3 Å². The Bertz CT molecular complexity index is 377. The molecule has 1 aliphatic carbocycles. The molecule has 0 aliphatic heterocycles. The molecule has 1 aromatic rings. The topological polar surface area (TPSA) is 42.4 Å². The van der Waals surface area contributed by atoms with Crippen molar-refractivity contribution in [3.8, 4) is 0 Å². The van der Waals surface area contributed by atoms with Crippen LogP contribution in [0.4, 0.5) is 0 Å². The molecule has 1 aromatic heterocycles. The van der Waals surface area contributed by atoms with Crippen molar-refractivity contribution in [2.24, 2.45) is 5.92 Å². The minimum absolute atomic E-state index is 0.213. The maximum Gasteiger partial charge on any atom is 0.125 e. The molecule has 0 spiro atoms. The third-order valence-electron chi connectivity index (χ3n) is 3.69. The lowest BCUT2D eigenvalue weighted by atomic mass is 9.79. The van der Waals surface area contributed by atoms with Crippen LogP contribution < -0.4 is 0 Å². The van der Waals surface area contributed by atoms with Gasteiger partial charge in [0.1, 0.15) is 10.6 Å². The summed E-state index contributed by atoms with van der Waals surface area (Å²) in [5, 5.41) is 12.5. The number of hydrogen-bond acceptors (Lipinski definition) is 4. The second-order valence-electron chi connectivity index (χ2n) is 5.15. The van der Waals surface area contributed by atoms with Crippen molar-refractivity contribution in [1.29, 1.82) is 0 Å². The van der Waals surface area contributed by atoms with Gasteiger partial charge in [-0.15, -0.1) is 11.3 Å². The predicted molar refractivity (Wildman–Crippen MR) is 69.1 cm³/mol. The van der Waals surface area contributed by atoms with Crippen molar-refractivity contribution < 1.29 is 9.84 Å². The fourth-order valence-corrected chi connectivity index (χ4v) is 3.78. The molecule has 1 heterocycles. The Morgan fingerprint density at radius 1 is 1.65 bits per heavy atom. The second-order valence-corrected chi connectivity index (χ2v) is 6.01. The predicted octanol–water partition coefficient (Wildman–Crippen LogP) is 3.25. The Labute approximate surface area is 107 Å². The number of methoxy groups -OCH3 is 1. The summed E-state index contributed by atoms with van der Waals surface area (Å²) in [5.74, 6) is 0.683. The Hall–Kier alpha value is -0.450. The van der Waals surface area contributed by atoms with Crippen LogP contribution in [0.2, 0.25) is 0 Å². The van der Waals surface area contributed by atoms with Gasteiger partial charge >= 0.3 is 0 Å². The summed E-state index contributed by atoms with van der Waals surface area (Å²) in [6.45, 7) is 4.03. The lowest BCUT2D eigenvalue weighted by molar-refractivity contribution is -0.0582. The number of aromatic nitrogens is 1. The molecule has 1 fully saturated rings. The Balaban J connectivity index is 2.26. The minimum Gasteiger partial charge on any atom is -0.387 e. The van der Waals surface area contributed by atoms with Crippen molar-refractivity contribution in [2.75, 3.05) is 7.11 Å². The Kier molecular flexibility index (Phi) is 3.85. The van der Waals surface area contributed by atoms with Crippen molar-refractivity contribution in [1.82, 2.24) is 4.98 Å². The van der Waals surface area contributed by atoms with E-state index in [0.717, 1.165) is 23.5 Å². The summed E-state index contributed by atoms with van der Waals surface area (Å²) in [6, 6.07) is 0. The molecule has 1 N–H and O–H groups in total. The summed E-state index contributed by atoms with van der Waals surface area (Å²) in [4.78, 5) is 4.55. The molecule has 0 radical (unpaired) electrons. The highest BCUT2D eigenvalue weighted by atomic mass is 32.1. The summed E-state index contributed by atoms with van der Waals surface area (Å²) >= 11 is 1.61. The maximum atomic E-state index is 9.55. The Morgan fingerprint density at radius 3 is 2.94 bits per heavy atom. The van der Waals surface area contributed by atoms with E-state index in [1.807, 2.05) is 5.38 Å². The summed E-state index contributed by atoms with van der Waals surface area (Å²) < 4.78 is 5.79. The molecule has 0 bridgehead atoms. The van der Waals surface area contributed by atoms with E-state index in [0.29, 0.717) is 5.92 Å². The van der Waals surface area contributed by atoms with Crippen LogP contribution in [-0.2, 0) is 10.3 Å². The molecular formula is C13H21NO2S. The molecule has 96 valence electrons. The molecule has 4 heteroatoms. The van der Waals surface area contributed by atoms with Crippen LogP contribution in [0, 0.1) is 5.92 Å². The van der Waals surface area contributed by atoms with E-state index in [-0.39, 0.29) is 5.60 Å². The van der Waals surface area contributed by atoms with Crippen LogP contribution in [-0.4, -0.2) is 17.2 Å². The number of rotatable bonds is 3. The molecule has 0 aromatic carbocycles. The molecule has 1 saturated carbocycles.